The summed E-state index contributed by atoms with van der Waals surface area (Å²) < 4.78 is 0. The van der Waals surface area contributed by atoms with E-state index in [0.717, 1.165) is 29.4 Å². The molecule has 6 heteroatoms. The van der Waals surface area contributed by atoms with E-state index in [-0.39, 0.29) is 12.6 Å². The first-order valence-electron chi connectivity index (χ1n) is 10.5. The lowest BCUT2D eigenvalue weighted by Crippen LogP contribution is -2.44. The van der Waals surface area contributed by atoms with Gasteiger partial charge in [-0.15, -0.1) is 0 Å². The van der Waals surface area contributed by atoms with Gasteiger partial charge in [0.25, 0.3) is 0 Å². The molecular formula is C26H24ClNO4. The van der Waals surface area contributed by atoms with Gasteiger partial charge in [-0.2, -0.15) is 0 Å². The Morgan fingerprint density at radius 3 is 2.38 bits per heavy atom. The Hall–Kier alpha value is -3.15. The summed E-state index contributed by atoms with van der Waals surface area (Å²) in [6.07, 6.45) is 0.945. The van der Waals surface area contributed by atoms with Crippen LogP contribution in [0.1, 0.15) is 39.6 Å². The molecule has 0 bridgehead atoms. The van der Waals surface area contributed by atoms with Crippen molar-refractivity contribution in [3.8, 4) is 11.1 Å². The highest BCUT2D eigenvalue weighted by Gasteiger charge is 2.29. The van der Waals surface area contributed by atoms with Gasteiger partial charge in [0.15, 0.2) is 0 Å². The molecule has 1 amide bonds. The Morgan fingerprint density at radius 2 is 1.72 bits per heavy atom. The van der Waals surface area contributed by atoms with Crippen LogP contribution in [-0.2, 0) is 12.8 Å². The normalized spacial score (nSPS) is 16.1. The Kier molecular flexibility index (Phi) is 6.58. The summed E-state index contributed by atoms with van der Waals surface area (Å²) in [4.78, 5) is 24.3. The zero-order valence-corrected chi connectivity index (χ0v) is 18.2. The molecule has 4 rings (SSSR count). The van der Waals surface area contributed by atoms with E-state index in [1.807, 2.05) is 12.1 Å². The Balaban J connectivity index is 1.53. The number of benzene rings is 3. The maximum atomic E-state index is 12.0. The Morgan fingerprint density at radius 1 is 1.03 bits per heavy atom. The Bertz CT molecular complexity index is 1110. The molecule has 0 radical (unpaired) electrons. The number of carboxylic acid groups (broad SMARTS) is 1. The van der Waals surface area contributed by atoms with Gasteiger partial charge in [-0.3, -0.25) is 4.79 Å². The summed E-state index contributed by atoms with van der Waals surface area (Å²) in [5, 5.41) is 21.0. The van der Waals surface area contributed by atoms with Crippen molar-refractivity contribution in [2.45, 2.75) is 31.4 Å². The minimum atomic E-state index is -1.04. The van der Waals surface area contributed by atoms with Crippen molar-refractivity contribution in [3.63, 3.8) is 0 Å². The molecule has 0 aromatic heterocycles. The topological polar surface area (TPSA) is 77.8 Å². The second-order valence-electron chi connectivity index (χ2n) is 8.12. The van der Waals surface area contributed by atoms with Crippen LogP contribution in [0, 0.1) is 0 Å². The maximum absolute atomic E-state index is 12.0. The van der Waals surface area contributed by atoms with E-state index in [1.165, 1.54) is 10.5 Å². The van der Waals surface area contributed by atoms with Gasteiger partial charge in [-0.05, 0) is 59.2 Å². The third kappa shape index (κ3) is 4.85. The highest BCUT2D eigenvalue weighted by molar-refractivity contribution is 6.30. The van der Waals surface area contributed by atoms with Gasteiger partial charge in [0.2, 0.25) is 0 Å². The largest absolute Gasteiger partial charge is 0.465 e. The van der Waals surface area contributed by atoms with Crippen LogP contribution in [0.2, 0.25) is 5.02 Å². The summed E-state index contributed by atoms with van der Waals surface area (Å²) in [6.45, 7) is 0.00378. The van der Waals surface area contributed by atoms with Crippen molar-refractivity contribution in [3.05, 3.63) is 94.0 Å². The highest BCUT2D eigenvalue weighted by Crippen LogP contribution is 2.30. The quantitative estimate of drug-likeness (QED) is 0.494. The van der Waals surface area contributed by atoms with E-state index in [0.29, 0.717) is 29.0 Å². The summed E-state index contributed by atoms with van der Waals surface area (Å²) in [7, 11) is 0. The first-order valence-corrected chi connectivity index (χ1v) is 10.9. The van der Waals surface area contributed by atoms with Crippen LogP contribution in [0.4, 0.5) is 4.79 Å². The van der Waals surface area contributed by atoms with Crippen LogP contribution in [0.25, 0.3) is 11.1 Å². The lowest BCUT2D eigenvalue weighted by molar-refractivity contribution is 0.0727. The number of fused-ring (bicyclic) bond motifs is 1. The fourth-order valence-corrected chi connectivity index (χ4v) is 4.42. The number of hydrogen-bond acceptors (Lipinski definition) is 3. The molecule has 1 aliphatic rings. The summed E-state index contributed by atoms with van der Waals surface area (Å²) in [6, 6.07) is 20.3. The van der Waals surface area contributed by atoms with Crippen molar-refractivity contribution in [2.24, 2.45) is 0 Å². The van der Waals surface area contributed by atoms with Crippen molar-refractivity contribution in [1.82, 2.24) is 4.90 Å². The molecule has 0 aliphatic heterocycles. The molecule has 2 N–H and O–H groups in total. The molecule has 1 aliphatic carbocycles. The van der Waals surface area contributed by atoms with E-state index in [1.54, 1.807) is 36.4 Å². The number of aliphatic hydroxyl groups excluding tert-OH is 1. The number of carbonyl (C=O) groups is 2. The number of aliphatic hydroxyl groups is 1. The fraction of sp³-hybridized carbons (Fsp3) is 0.231. The smallest absolute Gasteiger partial charge is 0.407 e. The number of rotatable bonds is 6. The minimum Gasteiger partial charge on any atom is -0.465 e. The first-order chi connectivity index (χ1) is 15.4. The van der Waals surface area contributed by atoms with Crippen LogP contribution < -0.4 is 0 Å². The second kappa shape index (κ2) is 9.55. The molecule has 0 saturated carbocycles. The van der Waals surface area contributed by atoms with Gasteiger partial charge < -0.3 is 15.1 Å². The average Bonchev–Trinajstić information content (AvgIpc) is 2.82. The highest BCUT2D eigenvalue weighted by atomic mass is 35.5. The lowest BCUT2D eigenvalue weighted by Gasteiger charge is -2.34. The second-order valence-corrected chi connectivity index (χ2v) is 8.56. The van der Waals surface area contributed by atoms with Gasteiger partial charge in [-0.1, -0.05) is 66.2 Å². The molecule has 32 heavy (non-hydrogen) atoms. The average molecular weight is 450 g/mol. The SMILES string of the molecule is O=Cc1ccc(-c2ccc3c(c2)C[C@@H](N(C[C@H](O)c2ccc(Cl)cc2)C(=O)O)CC3)cc1. The summed E-state index contributed by atoms with van der Waals surface area (Å²) in [5.41, 5.74) is 5.64. The van der Waals surface area contributed by atoms with Gasteiger partial charge in [-0.25, -0.2) is 4.79 Å². The number of carbonyl (C=O) groups excluding carboxylic acids is 1. The minimum absolute atomic E-state index is 0.00378. The number of halogens is 1. The third-order valence-electron chi connectivity index (χ3n) is 6.10. The van der Waals surface area contributed by atoms with E-state index in [4.69, 9.17) is 11.6 Å². The van der Waals surface area contributed by atoms with Gasteiger partial charge >= 0.3 is 6.09 Å². The van der Waals surface area contributed by atoms with E-state index in [2.05, 4.69) is 18.2 Å². The monoisotopic (exact) mass is 449 g/mol. The zero-order chi connectivity index (χ0) is 22.7. The van der Waals surface area contributed by atoms with Crippen molar-refractivity contribution in [2.75, 3.05) is 6.54 Å². The predicted molar refractivity (Wildman–Crippen MR) is 124 cm³/mol. The zero-order valence-electron chi connectivity index (χ0n) is 17.4. The summed E-state index contributed by atoms with van der Waals surface area (Å²) >= 11 is 5.91. The van der Waals surface area contributed by atoms with Gasteiger partial charge in [0, 0.05) is 16.6 Å². The van der Waals surface area contributed by atoms with Crippen molar-refractivity contribution < 1.29 is 19.8 Å². The van der Waals surface area contributed by atoms with Gasteiger partial charge in [0.1, 0.15) is 6.29 Å². The van der Waals surface area contributed by atoms with Gasteiger partial charge in [0.05, 0.1) is 12.6 Å². The number of hydrogen-bond donors (Lipinski definition) is 2. The number of amides is 1. The molecule has 0 fully saturated rings. The van der Waals surface area contributed by atoms with Crippen LogP contribution >= 0.6 is 11.6 Å². The van der Waals surface area contributed by atoms with Crippen LogP contribution in [0.5, 0.6) is 0 Å². The molecule has 5 nitrogen and oxygen atoms in total. The standard InChI is InChI=1S/C26H24ClNO4/c27-23-10-7-20(8-11-23)25(30)15-28(26(31)32)24-12-9-19-5-6-21(13-22(19)14-24)18-3-1-17(16-29)2-4-18/h1-8,10-11,13,16,24-25,30H,9,12,14-15H2,(H,31,32)/t24-,25-/m0/s1. The summed E-state index contributed by atoms with van der Waals surface area (Å²) in [5.74, 6) is 0. The molecule has 0 heterocycles. The van der Waals surface area contributed by atoms with Crippen molar-refractivity contribution in [1.29, 1.82) is 0 Å². The van der Waals surface area contributed by atoms with Crippen molar-refractivity contribution >= 4 is 24.0 Å². The van der Waals surface area contributed by atoms with Crippen LogP contribution in [0.3, 0.4) is 0 Å². The molecule has 3 aromatic rings. The van der Waals surface area contributed by atoms with Crippen LogP contribution in [0.15, 0.2) is 66.7 Å². The first kappa shape index (κ1) is 22.1. The number of aryl methyl sites for hydroxylation is 1. The molecule has 2 atom stereocenters. The van der Waals surface area contributed by atoms with E-state index in [9.17, 15) is 19.8 Å². The van der Waals surface area contributed by atoms with Crippen LogP contribution in [-0.4, -0.2) is 40.1 Å². The third-order valence-corrected chi connectivity index (χ3v) is 6.35. The molecular weight excluding hydrogens is 426 g/mol. The Labute approximate surface area is 191 Å². The maximum Gasteiger partial charge on any atom is 0.407 e. The lowest BCUT2D eigenvalue weighted by atomic mass is 9.85. The van der Waals surface area contributed by atoms with E-state index < -0.39 is 12.2 Å². The van der Waals surface area contributed by atoms with E-state index >= 15 is 0 Å². The molecule has 0 unspecified atom stereocenters. The molecule has 0 spiro atoms. The molecule has 0 saturated heterocycles. The molecule has 3 aromatic carbocycles. The fourth-order valence-electron chi connectivity index (χ4n) is 4.30. The number of aldehydes is 1. The number of nitrogens with zero attached hydrogens (tertiary/aromatic N) is 1. The molecule has 164 valence electrons. The predicted octanol–water partition coefficient (Wildman–Crippen LogP) is 5.39.